The summed E-state index contributed by atoms with van der Waals surface area (Å²) in [6.07, 6.45) is 4.89. The van der Waals surface area contributed by atoms with E-state index in [0.717, 1.165) is 85.6 Å². The molecule has 3 aromatic carbocycles. The predicted molar refractivity (Wildman–Crippen MR) is 204 cm³/mol. The van der Waals surface area contributed by atoms with Gasteiger partial charge in [-0.3, -0.25) is 4.79 Å². The normalized spacial score (nSPS) is 18.1. The van der Waals surface area contributed by atoms with E-state index in [1.807, 2.05) is 41.3 Å². The number of aliphatic hydroxyl groups is 1. The molecule has 286 valence electrons. The van der Waals surface area contributed by atoms with Crippen molar-refractivity contribution in [2.45, 2.75) is 64.3 Å². The molecule has 0 saturated carbocycles. The molecule has 4 heterocycles. The zero-order chi connectivity index (χ0) is 37.7. The highest BCUT2D eigenvalue weighted by molar-refractivity contribution is 5.85. The summed E-state index contributed by atoms with van der Waals surface area (Å²) in [5.74, 6) is 3.61. The third kappa shape index (κ3) is 8.05. The van der Waals surface area contributed by atoms with E-state index in [2.05, 4.69) is 20.9 Å². The summed E-state index contributed by atoms with van der Waals surface area (Å²) in [4.78, 5) is 23.7. The van der Waals surface area contributed by atoms with Crippen molar-refractivity contribution in [3.63, 3.8) is 0 Å². The van der Waals surface area contributed by atoms with Crippen LogP contribution < -0.4 is 19.5 Å². The maximum absolute atomic E-state index is 14.4. The third-order valence-corrected chi connectivity index (χ3v) is 11.0. The highest BCUT2D eigenvalue weighted by atomic mass is 19.1. The second-order valence-electron chi connectivity index (χ2n) is 14.5. The van der Waals surface area contributed by atoms with Gasteiger partial charge in [-0.05, 0) is 105 Å². The molecule has 0 aliphatic carbocycles. The maximum atomic E-state index is 14.4. The summed E-state index contributed by atoms with van der Waals surface area (Å²) in [7, 11) is 4.75. The zero-order valence-electron chi connectivity index (χ0n) is 31.4. The number of amides is 1. The predicted octanol–water partition coefficient (Wildman–Crippen LogP) is 6.65. The van der Waals surface area contributed by atoms with E-state index >= 15 is 0 Å². The fourth-order valence-corrected chi connectivity index (χ4v) is 8.19. The van der Waals surface area contributed by atoms with Gasteiger partial charge in [0.1, 0.15) is 23.9 Å². The van der Waals surface area contributed by atoms with Crippen molar-refractivity contribution in [1.29, 1.82) is 0 Å². The number of hydrogen-bond donors (Lipinski definition) is 2. The Hall–Kier alpha value is -5.07. The highest BCUT2D eigenvalue weighted by Crippen LogP contribution is 2.43. The lowest BCUT2D eigenvalue weighted by molar-refractivity contribution is -0.137. The summed E-state index contributed by atoms with van der Waals surface area (Å²) in [5.41, 5.74) is 3.25. The minimum atomic E-state index is -0.566. The van der Waals surface area contributed by atoms with Gasteiger partial charge in [0.15, 0.2) is 11.5 Å². The van der Waals surface area contributed by atoms with Gasteiger partial charge in [0.25, 0.3) is 0 Å². The molecule has 11 nitrogen and oxygen atoms in total. The molecule has 0 radical (unpaired) electrons. The van der Waals surface area contributed by atoms with Crippen LogP contribution in [0.5, 0.6) is 17.2 Å². The number of carbonyl (C=O) groups is 1. The number of imidazole rings is 1. The summed E-state index contributed by atoms with van der Waals surface area (Å²) < 4.78 is 38.4. The Bertz CT molecular complexity index is 2010. The summed E-state index contributed by atoms with van der Waals surface area (Å²) >= 11 is 0. The molecule has 0 spiro atoms. The van der Waals surface area contributed by atoms with Gasteiger partial charge in [-0.1, -0.05) is 24.3 Å². The van der Waals surface area contributed by atoms with Gasteiger partial charge in [0, 0.05) is 32.2 Å². The largest absolute Gasteiger partial charge is 0.493 e. The molecule has 2 N–H and O–H groups in total. The van der Waals surface area contributed by atoms with Crippen LogP contribution >= 0.6 is 0 Å². The molecule has 2 saturated heterocycles. The van der Waals surface area contributed by atoms with Crippen LogP contribution in [0.3, 0.4) is 0 Å². The van der Waals surface area contributed by atoms with E-state index in [9.17, 15) is 14.3 Å². The standard InChI is InChI=1S/C42H50FN5O6/c1-51-37-23-30(24-38(52-2)39(37)53-3)26-47-22-18-42(40(47)50,25-29-9-11-31(43)12-10-29)17-6-19-46-20-15-32(16-21-46)44-41-45-35-7-4-5-8-36(35)48(41)27-33-13-14-34(28-49)54-33/h4-5,7-14,23-24,32,49H,6,15-22,25-28H2,1-3H3,(H,44,45). The van der Waals surface area contributed by atoms with Gasteiger partial charge in [0.05, 0.1) is 44.3 Å². The number of hydrogen-bond acceptors (Lipinski definition) is 9. The SMILES string of the molecule is COc1cc(CN2CCC(CCCN3CCC(Nc4nc5ccccc5n4Cc4ccc(CO)o4)CC3)(Cc3ccc(F)cc3)C2=O)cc(OC)c1OC. The first-order valence-electron chi connectivity index (χ1n) is 18.8. The third-order valence-electron chi connectivity index (χ3n) is 11.0. The molecule has 2 fully saturated rings. The Morgan fingerprint density at radius 1 is 0.907 bits per heavy atom. The Kier molecular flexibility index (Phi) is 11.4. The van der Waals surface area contributed by atoms with Crippen molar-refractivity contribution >= 4 is 22.9 Å². The number of likely N-dealkylation sites (tertiary alicyclic amines) is 2. The molecule has 2 aliphatic rings. The Morgan fingerprint density at radius 2 is 1.63 bits per heavy atom. The molecule has 1 amide bonds. The highest BCUT2D eigenvalue weighted by Gasteiger charge is 2.46. The monoisotopic (exact) mass is 739 g/mol. The van der Waals surface area contributed by atoms with Gasteiger partial charge in [-0.25, -0.2) is 9.37 Å². The van der Waals surface area contributed by atoms with Crippen LogP contribution in [-0.2, 0) is 30.9 Å². The lowest BCUT2D eigenvalue weighted by Gasteiger charge is -2.34. The molecule has 7 rings (SSSR count). The average molecular weight is 740 g/mol. The second-order valence-corrected chi connectivity index (χ2v) is 14.5. The van der Waals surface area contributed by atoms with Crippen LogP contribution in [0.1, 0.15) is 54.8 Å². The lowest BCUT2D eigenvalue weighted by atomic mass is 9.76. The minimum Gasteiger partial charge on any atom is -0.493 e. The van der Waals surface area contributed by atoms with Crippen molar-refractivity contribution in [1.82, 2.24) is 19.4 Å². The van der Waals surface area contributed by atoms with Crippen molar-refractivity contribution in [3.05, 3.63) is 101 Å². The van der Waals surface area contributed by atoms with Crippen LogP contribution in [0.2, 0.25) is 0 Å². The number of nitrogens with one attached hydrogen (secondary N) is 1. The van der Waals surface area contributed by atoms with Gasteiger partial charge in [0.2, 0.25) is 17.6 Å². The molecule has 2 aliphatic heterocycles. The fraction of sp³-hybridized carbons (Fsp3) is 0.429. The average Bonchev–Trinajstić information content (AvgIpc) is 3.89. The van der Waals surface area contributed by atoms with E-state index in [0.29, 0.717) is 49.1 Å². The molecule has 1 unspecified atom stereocenters. The number of anilines is 1. The van der Waals surface area contributed by atoms with Crippen LogP contribution in [0.25, 0.3) is 11.0 Å². The molecule has 54 heavy (non-hydrogen) atoms. The summed E-state index contributed by atoms with van der Waals surface area (Å²) in [6, 6.07) is 22.4. The molecule has 2 aromatic heterocycles. The van der Waals surface area contributed by atoms with E-state index in [-0.39, 0.29) is 24.4 Å². The Balaban J connectivity index is 0.985. The number of fused-ring (bicyclic) bond motifs is 1. The minimum absolute atomic E-state index is 0.130. The number of furan rings is 1. The van der Waals surface area contributed by atoms with Crippen molar-refractivity contribution in [2.24, 2.45) is 5.41 Å². The van der Waals surface area contributed by atoms with Crippen LogP contribution in [0.4, 0.5) is 10.3 Å². The van der Waals surface area contributed by atoms with E-state index in [1.54, 1.807) is 39.5 Å². The molecule has 1 atom stereocenters. The molecular weight excluding hydrogens is 689 g/mol. The zero-order valence-corrected chi connectivity index (χ0v) is 31.4. The first kappa shape index (κ1) is 37.3. The number of rotatable bonds is 16. The van der Waals surface area contributed by atoms with Gasteiger partial charge in [-0.15, -0.1) is 0 Å². The number of carbonyl (C=O) groups excluding carboxylic acids is 1. The Labute approximate surface area is 315 Å². The van der Waals surface area contributed by atoms with Gasteiger partial charge in [-0.2, -0.15) is 0 Å². The number of para-hydroxylation sites is 2. The molecule has 5 aromatic rings. The number of nitrogens with zero attached hydrogens (tertiary/aromatic N) is 4. The first-order valence-corrected chi connectivity index (χ1v) is 18.8. The number of aliphatic hydroxyl groups excluding tert-OH is 1. The van der Waals surface area contributed by atoms with E-state index < -0.39 is 5.41 Å². The summed E-state index contributed by atoms with van der Waals surface area (Å²) in [5, 5.41) is 13.2. The van der Waals surface area contributed by atoms with Gasteiger partial charge < -0.3 is 43.4 Å². The Morgan fingerprint density at radius 3 is 2.31 bits per heavy atom. The lowest BCUT2D eigenvalue weighted by Crippen LogP contribution is -2.41. The van der Waals surface area contributed by atoms with Gasteiger partial charge >= 0.3 is 0 Å². The number of methoxy groups -OCH3 is 3. The molecule has 0 bridgehead atoms. The summed E-state index contributed by atoms with van der Waals surface area (Å²) in [6.45, 7) is 4.25. The van der Waals surface area contributed by atoms with Crippen molar-refractivity contribution < 1.29 is 32.9 Å². The van der Waals surface area contributed by atoms with E-state index in [1.165, 1.54) is 12.1 Å². The fourth-order valence-electron chi connectivity index (χ4n) is 8.19. The second kappa shape index (κ2) is 16.5. The van der Waals surface area contributed by atoms with Crippen LogP contribution in [0.15, 0.2) is 77.2 Å². The number of ether oxygens (including phenoxy) is 3. The number of benzene rings is 3. The quantitative estimate of drug-likeness (QED) is 0.115. The topological polar surface area (TPSA) is 114 Å². The first-order chi connectivity index (χ1) is 26.3. The smallest absolute Gasteiger partial charge is 0.229 e. The molecular formula is C42H50FN5O6. The van der Waals surface area contributed by atoms with Crippen molar-refractivity contribution in [2.75, 3.05) is 52.8 Å². The van der Waals surface area contributed by atoms with Crippen LogP contribution in [0, 0.1) is 11.2 Å². The number of aromatic nitrogens is 2. The van der Waals surface area contributed by atoms with E-state index in [4.69, 9.17) is 23.6 Å². The molecule has 12 heteroatoms. The van der Waals surface area contributed by atoms with Crippen molar-refractivity contribution in [3.8, 4) is 17.2 Å². The number of halogens is 1. The maximum Gasteiger partial charge on any atom is 0.229 e. The van der Waals surface area contributed by atoms with Crippen LogP contribution in [-0.4, -0.2) is 83.9 Å². The number of piperidine rings is 1.